The van der Waals surface area contributed by atoms with E-state index in [2.05, 4.69) is 37.0 Å². The maximum Gasteiger partial charge on any atom is 0.0851 e. The normalized spacial score (nSPS) is 12.5. The van der Waals surface area contributed by atoms with Gasteiger partial charge in [0.05, 0.1) is 6.10 Å². The van der Waals surface area contributed by atoms with Gasteiger partial charge in [0, 0.05) is 29.8 Å². The van der Waals surface area contributed by atoms with Crippen molar-refractivity contribution in [3.05, 3.63) is 77.1 Å². The fourth-order valence-corrected chi connectivity index (χ4v) is 2.93. The summed E-state index contributed by atoms with van der Waals surface area (Å²) in [5, 5.41) is 12.8. The minimum Gasteiger partial charge on any atom is -0.388 e. The Morgan fingerprint density at radius 1 is 1.00 bits per heavy atom. The average molecular weight is 277 g/mol. The molecule has 2 heteroatoms. The van der Waals surface area contributed by atoms with E-state index in [0.29, 0.717) is 6.42 Å². The maximum atomic E-state index is 10.6. The molecule has 0 radical (unpaired) electrons. The van der Waals surface area contributed by atoms with Crippen LogP contribution in [0.4, 0.5) is 0 Å². The second kappa shape index (κ2) is 5.66. The number of fused-ring (bicyclic) bond motifs is 1. The van der Waals surface area contributed by atoms with E-state index in [9.17, 15) is 5.11 Å². The molecule has 1 N–H and O–H groups in total. The van der Waals surface area contributed by atoms with E-state index >= 15 is 0 Å². The summed E-state index contributed by atoms with van der Waals surface area (Å²) in [6.07, 6.45) is 3.68. The van der Waals surface area contributed by atoms with Gasteiger partial charge in [0.2, 0.25) is 0 Å². The van der Waals surface area contributed by atoms with E-state index < -0.39 is 6.10 Å². The summed E-state index contributed by atoms with van der Waals surface area (Å²) in [4.78, 5) is 4.25. The van der Waals surface area contributed by atoms with Crippen LogP contribution in [0.5, 0.6) is 0 Å². The molecule has 0 aliphatic heterocycles. The number of aliphatic hydroxyl groups excluding tert-OH is 1. The third kappa shape index (κ3) is 2.96. The lowest BCUT2D eigenvalue weighted by Gasteiger charge is -2.14. The highest BCUT2D eigenvalue weighted by molar-refractivity contribution is 5.84. The molecule has 0 saturated carbocycles. The number of benzene rings is 2. The van der Waals surface area contributed by atoms with Crippen molar-refractivity contribution < 1.29 is 5.11 Å². The Labute approximate surface area is 125 Å². The first-order chi connectivity index (χ1) is 10.1. The minimum absolute atomic E-state index is 0.537. The summed E-state index contributed by atoms with van der Waals surface area (Å²) in [5.74, 6) is 0. The van der Waals surface area contributed by atoms with Gasteiger partial charge in [-0.3, -0.25) is 4.98 Å². The zero-order valence-electron chi connectivity index (χ0n) is 12.4. The molecule has 0 saturated heterocycles. The molecule has 0 aliphatic carbocycles. The zero-order valence-corrected chi connectivity index (χ0v) is 12.4. The molecule has 1 heterocycles. The Morgan fingerprint density at radius 2 is 1.71 bits per heavy atom. The predicted molar refractivity (Wildman–Crippen MR) is 86.3 cm³/mol. The van der Waals surface area contributed by atoms with Gasteiger partial charge < -0.3 is 5.11 Å². The number of nitrogens with zero attached hydrogens (tertiary/aromatic N) is 1. The molecular weight excluding hydrogens is 258 g/mol. The van der Waals surface area contributed by atoms with E-state index in [1.165, 1.54) is 11.1 Å². The molecule has 0 bridgehead atoms. The van der Waals surface area contributed by atoms with Crippen LogP contribution < -0.4 is 0 Å². The highest BCUT2D eigenvalue weighted by atomic mass is 16.3. The highest BCUT2D eigenvalue weighted by Crippen LogP contribution is 2.26. The first-order valence-electron chi connectivity index (χ1n) is 7.21. The van der Waals surface area contributed by atoms with Crippen molar-refractivity contribution in [2.75, 3.05) is 0 Å². The van der Waals surface area contributed by atoms with Crippen molar-refractivity contribution in [1.29, 1.82) is 0 Å². The van der Waals surface area contributed by atoms with Gasteiger partial charge in [0.1, 0.15) is 0 Å². The summed E-state index contributed by atoms with van der Waals surface area (Å²) < 4.78 is 0. The molecule has 1 atom stereocenters. The standard InChI is InChI=1S/C19H19NO/c1-13-7-14(2)9-15(8-13)10-19(21)18-12-20-11-16-5-3-4-6-17(16)18/h3-9,11-12,19,21H,10H2,1-2H3. The number of aryl methyl sites for hydroxylation is 2. The van der Waals surface area contributed by atoms with Crippen molar-refractivity contribution in [2.45, 2.75) is 26.4 Å². The van der Waals surface area contributed by atoms with Gasteiger partial charge in [0.25, 0.3) is 0 Å². The third-order valence-electron chi connectivity index (χ3n) is 3.77. The van der Waals surface area contributed by atoms with E-state index in [-0.39, 0.29) is 0 Å². The number of hydrogen-bond donors (Lipinski definition) is 1. The molecule has 106 valence electrons. The highest BCUT2D eigenvalue weighted by Gasteiger charge is 2.12. The molecule has 0 spiro atoms. The van der Waals surface area contributed by atoms with E-state index in [4.69, 9.17) is 0 Å². The lowest BCUT2D eigenvalue weighted by Crippen LogP contribution is -2.04. The molecule has 0 amide bonds. The second-order valence-electron chi connectivity index (χ2n) is 5.67. The fraction of sp³-hybridized carbons (Fsp3) is 0.211. The van der Waals surface area contributed by atoms with Crippen molar-refractivity contribution in [1.82, 2.24) is 4.98 Å². The van der Waals surface area contributed by atoms with Crippen LogP contribution in [-0.4, -0.2) is 10.1 Å². The van der Waals surface area contributed by atoms with E-state index in [1.807, 2.05) is 30.5 Å². The topological polar surface area (TPSA) is 33.1 Å². The number of hydrogen-bond acceptors (Lipinski definition) is 2. The predicted octanol–water partition coefficient (Wildman–Crippen LogP) is 4.13. The Morgan fingerprint density at radius 3 is 2.48 bits per heavy atom. The van der Waals surface area contributed by atoms with Crippen molar-refractivity contribution in [3.63, 3.8) is 0 Å². The lowest BCUT2D eigenvalue weighted by atomic mass is 9.96. The Kier molecular flexibility index (Phi) is 3.72. The largest absolute Gasteiger partial charge is 0.388 e. The molecule has 1 aromatic heterocycles. The molecule has 1 unspecified atom stereocenters. The van der Waals surface area contributed by atoms with Crippen molar-refractivity contribution >= 4 is 10.8 Å². The molecule has 0 aliphatic rings. The van der Waals surface area contributed by atoms with E-state index in [0.717, 1.165) is 21.9 Å². The molecular formula is C19H19NO. The van der Waals surface area contributed by atoms with Gasteiger partial charge in [0.15, 0.2) is 0 Å². The first-order valence-corrected chi connectivity index (χ1v) is 7.21. The van der Waals surface area contributed by atoms with Crippen LogP contribution in [-0.2, 0) is 6.42 Å². The minimum atomic E-state index is -0.537. The van der Waals surface area contributed by atoms with Gasteiger partial charge in [-0.05, 0) is 24.8 Å². The Bertz CT molecular complexity index is 754. The van der Waals surface area contributed by atoms with Crippen LogP contribution >= 0.6 is 0 Å². The summed E-state index contributed by atoms with van der Waals surface area (Å²) in [5.41, 5.74) is 4.52. The van der Waals surface area contributed by atoms with Crippen LogP contribution in [0.3, 0.4) is 0 Å². The summed E-state index contributed by atoms with van der Waals surface area (Å²) in [7, 11) is 0. The van der Waals surface area contributed by atoms with Crippen LogP contribution in [0.1, 0.15) is 28.4 Å². The Hall–Kier alpha value is -2.19. The Balaban J connectivity index is 1.95. The average Bonchev–Trinajstić information content (AvgIpc) is 2.45. The van der Waals surface area contributed by atoms with Gasteiger partial charge >= 0.3 is 0 Å². The van der Waals surface area contributed by atoms with Crippen LogP contribution in [0, 0.1) is 13.8 Å². The number of aromatic nitrogens is 1. The molecule has 21 heavy (non-hydrogen) atoms. The van der Waals surface area contributed by atoms with Crippen LogP contribution in [0.15, 0.2) is 54.9 Å². The number of aliphatic hydroxyl groups is 1. The molecule has 3 aromatic rings. The SMILES string of the molecule is Cc1cc(C)cc(CC(O)c2cncc3ccccc23)c1. The van der Waals surface area contributed by atoms with E-state index in [1.54, 1.807) is 6.20 Å². The van der Waals surface area contributed by atoms with Crippen LogP contribution in [0.25, 0.3) is 10.8 Å². The zero-order chi connectivity index (χ0) is 14.8. The monoisotopic (exact) mass is 277 g/mol. The maximum absolute atomic E-state index is 10.6. The quantitative estimate of drug-likeness (QED) is 0.781. The third-order valence-corrected chi connectivity index (χ3v) is 3.77. The van der Waals surface area contributed by atoms with Crippen molar-refractivity contribution in [2.24, 2.45) is 0 Å². The van der Waals surface area contributed by atoms with Gasteiger partial charge in [-0.15, -0.1) is 0 Å². The van der Waals surface area contributed by atoms with Crippen molar-refractivity contribution in [3.8, 4) is 0 Å². The molecule has 0 fully saturated rings. The van der Waals surface area contributed by atoms with Gasteiger partial charge in [-0.1, -0.05) is 53.6 Å². The summed E-state index contributed by atoms with van der Waals surface area (Å²) in [6.45, 7) is 4.17. The first kappa shape index (κ1) is 13.8. The lowest BCUT2D eigenvalue weighted by molar-refractivity contribution is 0.179. The second-order valence-corrected chi connectivity index (χ2v) is 5.67. The molecule has 3 rings (SSSR count). The number of pyridine rings is 1. The molecule has 2 nitrogen and oxygen atoms in total. The summed E-state index contributed by atoms with van der Waals surface area (Å²) >= 11 is 0. The smallest absolute Gasteiger partial charge is 0.0851 e. The van der Waals surface area contributed by atoms with Gasteiger partial charge in [-0.2, -0.15) is 0 Å². The van der Waals surface area contributed by atoms with Crippen LogP contribution in [0.2, 0.25) is 0 Å². The van der Waals surface area contributed by atoms with Gasteiger partial charge in [-0.25, -0.2) is 0 Å². The summed E-state index contributed by atoms with van der Waals surface area (Å²) in [6, 6.07) is 14.5. The number of rotatable bonds is 3. The fourth-order valence-electron chi connectivity index (χ4n) is 2.93. The molecule has 2 aromatic carbocycles.